The second-order valence-corrected chi connectivity index (χ2v) is 7.23. The maximum atomic E-state index is 12.3. The molecule has 7 heteroatoms. The molecule has 0 aromatic carbocycles. The number of hydrogen-bond donors (Lipinski definition) is 2. The van der Waals surface area contributed by atoms with E-state index in [2.05, 4.69) is 39.0 Å². The molecule has 0 bridgehead atoms. The maximum Gasteiger partial charge on any atom is 0.252 e. The van der Waals surface area contributed by atoms with E-state index in [-0.39, 0.29) is 5.91 Å². The smallest absolute Gasteiger partial charge is 0.252 e. The number of rotatable bonds is 8. The molecule has 1 unspecified atom stereocenters. The minimum absolute atomic E-state index is 0.0928. The first-order chi connectivity index (χ1) is 13.1. The Kier molecular flexibility index (Phi) is 6.81. The van der Waals surface area contributed by atoms with E-state index in [9.17, 15) is 4.79 Å². The van der Waals surface area contributed by atoms with Crippen molar-refractivity contribution in [3.63, 3.8) is 0 Å². The van der Waals surface area contributed by atoms with Gasteiger partial charge in [0.15, 0.2) is 0 Å². The van der Waals surface area contributed by atoms with Gasteiger partial charge in [0.2, 0.25) is 0 Å². The van der Waals surface area contributed by atoms with Crippen molar-refractivity contribution in [1.29, 1.82) is 0 Å². The number of carbonyl (C=O) groups is 1. The third-order valence-corrected chi connectivity index (χ3v) is 4.66. The quantitative estimate of drug-likeness (QED) is 0.698. The van der Waals surface area contributed by atoms with Crippen molar-refractivity contribution in [3.05, 3.63) is 42.1 Å². The van der Waals surface area contributed by atoms with E-state index in [4.69, 9.17) is 4.74 Å². The Morgan fingerprint density at radius 1 is 1.37 bits per heavy atom. The molecule has 146 valence electrons. The van der Waals surface area contributed by atoms with Gasteiger partial charge in [-0.2, -0.15) is 0 Å². The van der Waals surface area contributed by atoms with E-state index < -0.39 is 0 Å². The highest BCUT2D eigenvalue weighted by Crippen LogP contribution is 2.13. The SMILES string of the molecule is CC(C)c1nccn1CCCNC(=O)c1ccc(NC2CCCOC2)nc1. The molecule has 1 atom stereocenters. The largest absolute Gasteiger partial charge is 0.379 e. The molecule has 1 saturated heterocycles. The molecule has 2 N–H and O–H groups in total. The van der Waals surface area contributed by atoms with Gasteiger partial charge in [0.25, 0.3) is 5.91 Å². The lowest BCUT2D eigenvalue weighted by Crippen LogP contribution is -2.30. The molecule has 1 amide bonds. The van der Waals surface area contributed by atoms with Crippen molar-refractivity contribution in [1.82, 2.24) is 19.9 Å². The van der Waals surface area contributed by atoms with E-state index in [1.807, 2.05) is 18.5 Å². The summed E-state index contributed by atoms with van der Waals surface area (Å²) in [6.07, 6.45) is 8.44. The lowest BCUT2D eigenvalue weighted by molar-refractivity contribution is 0.0875. The summed E-state index contributed by atoms with van der Waals surface area (Å²) >= 11 is 0. The first-order valence-electron chi connectivity index (χ1n) is 9.73. The van der Waals surface area contributed by atoms with Crippen molar-refractivity contribution < 1.29 is 9.53 Å². The second kappa shape index (κ2) is 9.50. The number of amides is 1. The normalized spacial score (nSPS) is 17.1. The number of nitrogens with zero attached hydrogens (tertiary/aromatic N) is 3. The Balaban J connectivity index is 1.42. The molecule has 0 saturated carbocycles. The molecule has 3 heterocycles. The second-order valence-electron chi connectivity index (χ2n) is 7.23. The van der Waals surface area contributed by atoms with Crippen LogP contribution < -0.4 is 10.6 Å². The monoisotopic (exact) mass is 371 g/mol. The number of anilines is 1. The summed E-state index contributed by atoms with van der Waals surface area (Å²) in [4.78, 5) is 21.0. The molecule has 27 heavy (non-hydrogen) atoms. The predicted molar refractivity (Wildman–Crippen MR) is 105 cm³/mol. The molecular weight excluding hydrogens is 342 g/mol. The van der Waals surface area contributed by atoms with E-state index >= 15 is 0 Å². The first kappa shape index (κ1) is 19.4. The van der Waals surface area contributed by atoms with Crippen molar-refractivity contribution in [2.24, 2.45) is 0 Å². The van der Waals surface area contributed by atoms with Gasteiger partial charge in [-0.3, -0.25) is 4.79 Å². The van der Waals surface area contributed by atoms with E-state index in [1.54, 1.807) is 12.3 Å². The van der Waals surface area contributed by atoms with Gasteiger partial charge in [-0.1, -0.05) is 13.8 Å². The van der Waals surface area contributed by atoms with Gasteiger partial charge in [-0.05, 0) is 31.4 Å². The summed E-state index contributed by atoms with van der Waals surface area (Å²) in [5.41, 5.74) is 0.575. The van der Waals surface area contributed by atoms with Crippen LogP contribution in [0.5, 0.6) is 0 Å². The van der Waals surface area contributed by atoms with Crippen LogP contribution in [0.4, 0.5) is 5.82 Å². The topological polar surface area (TPSA) is 81.1 Å². The third kappa shape index (κ3) is 5.53. The van der Waals surface area contributed by atoms with Crippen LogP contribution in [0.15, 0.2) is 30.7 Å². The Morgan fingerprint density at radius 3 is 2.96 bits per heavy atom. The molecule has 2 aromatic rings. The maximum absolute atomic E-state index is 12.3. The zero-order valence-corrected chi connectivity index (χ0v) is 16.1. The zero-order valence-electron chi connectivity index (χ0n) is 16.1. The fraction of sp³-hybridized carbons (Fsp3) is 0.550. The van der Waals surface area contributed by atoms with Gasteiger partial charge in [-0.25, -0.2) is 9.97 Å². The standard InChI is InChI=1S/C20H29N5O2/c1-15(2)19-21-9-11-25(19)10-4-8-22-20(26)16-6-7-18(23-13-16)24-17-5-3-12-27-14-17/h6-7,9,11,13,15,17H,3-5,8,10,12,14H2,1-2H3,(H,22,26)(H,23,24). The van der Waals surface area contributed by atoms with E-state index in [0.717, 1.165) is 44.1 Å². The first-order valence-corrected chi connectivity index (χ1v) is 9.73. The van der Waals surface area contributed by atoms with Gasteiger partial charge in [0, 0.05) is 44.2 Å². The number of carbonyl (C=O) groups excluding carboxylic acids is 1. The number of pyridine rings is 1. The summed E-state index contributed by atoms with van der Waals surface area (Å²) < 4.78 is 7.60. The molecule has 0 aliphatic carbocycles. The van der Waals surface area contributed by atoms with Crippen molar-refractivity contribution >= 4 is 11.7 Å². The fourth-order valence-electron chi connectivity index (χ4n) is 3.24. The van der Waals surface area contributed by atoms with Crippen LogP contribution in [0, 0.1) is 0 Å². The number of nitrogens with one attached hydrogen (secondary N) is 2. The summed E-state index contributed by atoms with van der Waals surface area (Å²) in [6, 6.07) is 3.95. The van der Waals surface area contributed by atoms with Crippen LogP contribution in [0.2, 0.25) is 0 Å². The Morgan fingerprint density at radius 2 is 2.26 bits per heavy atom. The Bertz CT molecular complexity index is 720. The van der Waals surface area contributed by atoms with Crippen LogP contribution in [0.3, 0.4) is 0 Å². The number of ether oxygens (including phenoxy) is 1. The highest BCUT2D eigenvalue weighted by Gasteiger charge is 2.14. The lowest BCUT2D eigenvalue weighted by Gasteiger charge is -2.23. The van der Waals surface area contributed by atoms with Gasteiger partial charge in [0.1, 0.15) is 11.6 Å². The molecule has 1 fully saturated rings. The highest BCUT2D eigenvalue weighted by molar-refractivity contribution is 5.94. The van der Waals surface area contributed by atoms with Crippen LogP contribution in [-0.2, 0) is 11.3 Å². The highest BCUT2D eigenvalue weighted by atomic mass is 16.5. The summed E-state index contributed by atoms with van der Waals surface area (Å²) in [7, 11) is 0. The predicted octanol–water partition coefficient (Wildman–Crippen LogP) is 2.81. The Hall–Kier alpha value is -2.41. The summed E-state index contributed by atoms with van der Waals surface area (Å²) in [6.45, 7) is 7.27. The number of imidazole rings is 1. The number of hydrogen-bond acceptors (Lipinski definition) is 5. The molecular formula is C20H29N5O2. The number of aromatic nitrogens is 3. The molecule has 0 radical (unpaired) electrons. The van der Waals surface area contributed by atoms with Gasteiger partial charge >= 0.3 is 0 Å². The van der Waals surface area contributed by atoms with Crippen molar-refractivity contribution in [2.45, 2.75) is 51.6 Å². The third-order valence-electron chi connectivity index (χ3n) is 4.66. The van der Waals surface area contributed by atoms with E-state index in [0.29, 0.717) is 30.7 Å². The summed E-state index contributed by atoms with van der Waals surface area (Å²) in [5, 5.41) is 6.31. The minimum atomic E-state index is -0.0928. The molecule has 7 nitrogen and oxygen atoms in total. The van der Waals surface area contributed by atoms with Gasteiger partial charge in [0.05, 0.1) is 18.2 Å². The minimum Gasteiger partial charge on any atom is -0.379 e. The molecule has 1 aliphatic heterocycles. The average Bonchev–Trinajstić information content (AvgIpc) is 3.15. The van der Waals surface area contributed by atoms with Gasteiger partial charge in [-0.15, -0.1) is 0 Å². The summed E-state index contributed by atoms with van der Waals surface area (Å²) in [5.74, 6) is 2.16. The van der Waals surface area contributed by atoms with Crippen molar-refractivity contribution in [2.75, 3.05) is 25.1 Å². The van der Waals surface area contributed by atoms with Crippen LogP contribution in [-0.4, -0.2) is 46.2 Å². The average molecular weight is 371 g/mol. The van der Waals surface area contributed by atoms with Crippen LogP contribution >= 0.6 is 0 Å². The molecule has 1 aliphatic rings. The number of aryl methyl sites for hydroxylation is 1. The molecule has 2 aromatic heterocycles. The Labute approximate surface area is 160 Å². The molecule has 0 spiro atoms. The van der Waals surface area contributed by atoms with Crippen LogP contribution in [0.1, 0.15) is 55.2 Å². The molecule has 3 rings (SSSR count). The van der Waals surface area contributed by atoms with Crippen molar-refractivity contribution in [3.8, 4) is 0 Å². The lowest BCUT2D eigenvalue weighted by atomic mass is 10.1. The zero-order chi connectivity index (χ0) is 19.1. The van der Waals surface area contributed by atoms with Crippen LogP contribution in [0.25, 0.3) is 0 Å². The van der Waals surface area contributed by atoms with E-state index in [1.165, 1.54) is 0 Å². The fourth-order valence-corrected chi connectivity index (χ4v) is 3.24. The van der Waals surface area contributed by atoms with Gasteiger partial charge < -0.3 is 19.9 Å².